The molecule has 2 rings (SSSR count). The van der Waals surface area contributed by atoms with Gasteiger partial charge in [-0.1, -0.05) is 0 Å². The normalized spacial score (nSPS) is 18.8. The highest BCUT2D eigenvalue weighted by Crippen LogP contribution is 2.21. The molecule has 4 nitrogen and oxygen atoms in total. The van der Waals surface area contributed by atoms with E-state index in [1.807, 2.05) is 6.20 Å². The first-order valence-electron chi connectivity index (χ1n) is 6.80. The lowest BCUT2D eigenvalue weighted by Crippen LogP contribution is -2.39. The Morgan fingerprint density at radius 1 is 1.58 bits per heavy atom. The van der Waals surface area contributed by atoms with Gasteiger partial charge >= 0.3 is 0 Å². The Labute approximate surface area is 123 Å². The van der Waals surface area contributed by atoms with Gasteiger partial charge in [0.25, 0.3) is 0 Å². The summed E-state index contributed by atoms with van der Waals surface area (Å²) in [5.41, 5.74) is 1.21. The molecule has 1 aliphatic rings. The molecule has 2 heterocycles. The molecule has 19 heavy (non-hydrogen) atoms. The highest BCUT2D eigenvalue weighted by Gasteiger charge is 2.19. The molecule has 1 unspecified atom stereocenters. The number of methoxy groups -OCH3 is 1. The zero-order valence-electron chi connectivity index (χ0n) is 11.7. The van der Waals surface area contributed by atoms with Crippen LogP contribution in [0.2, 0.25) is 0 Å². The monoisotopic (exact) mass is 327 g/mol. The Hall–Kier alpha value is -0.650. The van der Waals surface area contributed by atoms with Crippen molar-refractivity contribution in [2.45, 2.75) is 25.8 Å². The second-order valence-electron chi connectivity index (χ2n) is 5.02. The lowest BCUT2D eigenvalue weighted by molar-refractivity contribution is 0.204. The molecule has 1 aromatic heterocycles. The smallest absolute Gasteiger partial charge is 0.128 e. The van der Waals surface area contributed by atoms with Crippen LogP contribution in [-0.4, -0.2) is 44.4 Å². The SMILES string of the molecule is COCCN(CC1CCCN1)c1cc(C)c(Br)cn1. The first-order valence-corrected chi connectivity index (χ1v) is 7.59. The summed E-state index contributed by atoms with van der Waals surface area (Å²) in [7, 11) is 1.74. The van der Waals surface area contributed by atoms with Gasteiger partial charge in [-0.3, -0.25) is 0 Å². The van der Waals surface area contributed by atoms with E-state index in [1.54, 1.807) is 7.11 Å². The van der Waals surface area contributed by atoms with E-state index in [1.165, 1.54) is 18.4 Å². The maximum atomic E-state index is 5.21. The molecule has 0 bridgehead atoms. The van der Waals surface area contributed by atoms with Crippen LogP contribution < -0.4 is 10.2 Å². The average Bonchev–Trinajstić information content (AvgIpc) is 2.91. The van der Waals surface area contributed by atoms with Gasteiger partial charge in [0.15, 0.2) is 0 Å². The van der Waals surface area contributed by atoms with E-state index in [2.05, 4.69) is 44.1 Å². The minimum Gasteiger partial charge on any atom is -0.383 e. The van der Waals surface area contributed by atoms with Crippen molar-refractivity contribution in [1.82, 2.24) is 10.3 Å². The third-order valence-corrected chi connectivity index (χ3v) is 4.36. The van der Waals surface area contributed by atoms with Crippen LogP contribution >= 0.6 is 15.9 Å². The fourth-order valence-corrected chi connectivity index (χ4v) is 2.59. The van der Waals surface area contributed by atoms with E-state index in [4.69, 9.17) is 4.74 Å². The van der Waals surface area contributed by atoms with Gasteiger partial charge in [-0.25, -0.2) is 4.98 Å². The van der Waals surface area contributed by atoms with Crippen LogP contribution in [0.3, 0.4) is 0 Å². The van der Waals surface area contributed by atoms with E-state index in [9.17, 15) is 0 Å². The molecule has 0 spiro atoms. The first kappa shape index (κ1) is 14.8. The molecule has 0 amide bonds. The van der Waals surface area contributed by atoms with Crippen molar-refractivity contribution < 1.29 is 4.74 Å². The quantitative estimate of drug-likeness (QED) is 0.870. The summed E-state index contributed by atoms with van der Waals surface area (Å²) >= 11 is 3.50. The summed E-state index contributed by atoms with van der Waals surface area (Å²) in [5.74, 6) is 1.03. The van der Waals surface area contributed by atoms with Crippen LogP contribution in [-0.2, 0) is 4.74 Å². The topological polar surface area (TPSA) is 37.4 Å². The zero-order chi connectivity index (χ0) is 13.7. The molecule has 5 heteroatoms. The molecule has 106 valence electrons. The molecule has 1 saturated heterocycles. The summed E-state index contributed by atoms with van der Waals surface area (Å²) < 4.78 is 6.27. The second kappa shape index (κ2) is 7.22. The summed E-state index contributed by atoms with van der Waals surface area (Å²) in [5, 5.41) is 3.54. The Kier molecular flexibility index (Phi) is 5.60. The Balaban J connectivity index is 2.08. The average molecular weight is 328 g/mol. The van der Waals surface area contributed by atoms with E-state index in [0.717, 1.165) is 36.5 Å². The molecule has 1 N–H and O–H groups in total. The maximum absolute atomic E-state index is 5.21. The predicted molar refractivity (Wildman–Crippen MR) is 81.8 cm³/mol. The number of anilines is 1. The van der Waals surface area contributed by atoms with Gasteiger partial charge < -0.3 is 15.0 Å². The Morgan fingerprint density at radius 2 is 2.42 bits per heavy atom. The van der Waals surface area contributed by atoms with Crippen LogP contribution in [0.25, 0.3) is 0 Å². The number of aryl methyl sites for hydroxylation is 1. The van der Waals surface area contributed by atoms with Crippen molar-refractivity contribution in [3.63, 3.8) is 0 Å². The van der Waals surface area contributed by atoms with E-state index in [0.29, 0.717) is 6.04 Å². The summed E-state index contributed by atoms with van der Waals surface area (Å²) in [4.78, 5) is 6.84. The number of aromatic nitrogens is 1. The second-order valence-corrected chi connectivity index (χ2v) is 5.88. The summed E-state index contributed by atoms with van der Waals surface area (Å²) in [6.45, 7) is 5.83. The molecule has 0 aromatic carbocycles. The molecular weight excluding hydrogens is 306 g/mol. The third kappa shape index (κ3) is 4.16. The van der Waals surface area contributed by atoms with Gasteiger partial charge in [0.2, 0.25) is 0 Å². The fourth-order valence-electron chi connectivity index (χ4n) is 2.38. The number of halogens is 1. The lowest BCUT2D eigenvalue weighted by atomic mass is 10.2. The van der Waals surface area contributed by atoms with Gasteiger partial charge in [0.05, 0.1) is 6.61 Å². The number of nitrogens with one attached hydrogen (secondary N) is 1. The van der Waals surface area contributed by atoms with Crippen molar-refractivity contribution in [2.75, 3.05) is 38.3 Å². The summed E-state index contributed by atoms with van der Waals surface area (Å²) in [6.07, 6.45) is 4.40. The molecule has 1 aliphatic heterocycles. The number of nitrogens with zero attached hydrogens (tertiary/aromatic N) is 2. The van der Waals surface area contributed by atoms with Gasteiger partial charge in [0, 0.05) is 36.9 Å². The number of hydrogen-bond donors (Lipinski definition) is 1. The molecule has 0 aliphatic carbocycles. The van der Waals surface area contributed by atoms with Crippen molar-refractivity contribution in [1.29, 1.82) is 0 Å². The minimum absolute atomic E-state index is 0.572. The van der Waals surface area contributed by atoms with E-state index in [-0.39, 0.29) is 0 Å². The Morgan fingerprint density at radius 3 is 3.05 bits per heavy atom. The maximum Gasteiger partial charge on any atom is 0.128 e. The van der Waals surface area contributed by atoms with Gasteiger partial charge in [0.1, 0.15) is 5.82 Å². The molecule has 1 fully saturated rings. The first-order chi connectivity index (χ1) is 9.20. The van der Waals surface area contributed by atoms with Crippen LogP contribution in [0, 0.1) is 6.92 Å². The van der Waals surface area contributed by atoms with Crippen LogP contribution in [0.1, 0.15) is 18.4 Å². The molecule has 0 saturated carbocycles. The predicted octanol–water partition coefficient (Wildman–Crippen LogP) is 2.36. The van der Waals surface area contributed by atoms with Crippen molar-refractivity contribution >= 4 is 21.7 Å². The molecule has 1 aromatic rings. The van der Waals surface area contributed by atoms with Crippen LogP contribution in [0.15, 0.2) is 16.7 Å². The van der Waals surface area contributed by atoms with E-state index >= 15 is 0 Å². The minimum atomic E-state index is 0.572. The lowest BCUT2D eigenvalue weighted by Gasteiger charge is -2.27. The standard InChI is InChI=1S/C14H22BrN3O/c1-11-8-14(17-9-13(11)15)18(6-7-19-2)10-12-4-3-5-16-12/h8-9,12,16H,3-7,10H2,1-2H3. The fraction of sp³-hybridized carbons (Fsp3) is 0.643. The molecular formula is C14H22BrN3O. The molecule has 0 radical (unpaired) electrons. The van der Waals surface area contributed by atoms with Crippen LogP contribution in [0.5, 0.6) is 0 Å². The third-order valence-electron chi connectivity index (χ3n) is 3.52. The van der Waals surface area contributed by atoms with E-state index < -0.39 is 0 Å². The number of hydrogen-bond acceptors (Lipinski definition) is 4. The van der Waals surface area contributed by atoms with Gasteiger partial charge in [-0.05, 0) is 53.9 Å². The number of rotatable bonds is 6. The van der Waals surface area contributed by atoms with Gasteiger partial charge in [-0.15, -0.1) is 0 Å². The number of ether oxygens (including phenoxy) is 1. The number of pyridine rings is 1. The van der Waals surface area contributed by atoms with Crippen molar-refractivity contribution in [3.8, 4) is 0 Å². The summed E-state index contributed by atoms with van der Waals surface area (Å²) in [6, 6.07) is 2.71. The molecule has 1 atom stereocenters. The Bertz CT molecular complexity index is 408. The largest absolute Gasteiger partial charge is 0.383 e. The highest BCUT2D eigenvalue weighted by atomic mass is 79.9. The zero-order valence-corrected chi connectivity index (χ0v) is 13.2. The highest BCUT2D eigenvalue weighted by molar-refractivity contribution is 9.10. The van der Waals surface area contributed by atoms with Crippen molar-refractivity contribution in [3.05, 3.63) is 22.3 Å². The van der Waals surface area contributed by atoms with Crippen LogP contribution in [0.4, 0.5) is 5.82 Å². The van der Waals surface area contributed by atoms with Crippen molar-refractivity contribution in [2.24, 2.45) is 0 Å². The van der Waals surface area contributed by atoms with Gasteiger partial charge in [-0.2, -0.15) is 0 Å².